The number of aliphatic carboxylic acids is 1. The molecule has 1 aliphatic rings. The van der Waals surface area contributed by atoms with E-state index in [2.05, 4.69) is 0 Å². The molecule has 1 fully saturated rings. The number of amides is 1. The Morgan fingerprint density at radius 3 is 2.79 bits per heavy atom. The summed E-state index contributed by atoms with van der Waals surface area (Å²) in [6, 6.07) is 3.48. The molecule has 1 amide bonds. The summed E-state index contributed by atoms with van der Waals surface area (Å²) in [4.78, 5) is 24.6. The van der Waals surface area contributed by atoms with Gasteiger partial charge in [-0.1, -0.05) is 0 Å². The number of likely N-dealkylation sites (tertiary alicyclic amines) is 1. The molecule has 0 bridgehead atoms. The van der Waals surface area contributed by atoms with Crippen LogP contribution in [0.5, 0.6) is 11.5 Å². The molecular formula is C13H15NO5. The molecule has 1 aromatic rings. The number of benzene rings is 1. The smallest absolute Gasteiger partial charge is 0.326 e. The molecule has 1 unspecified atom stereocenters. The van der Waals surface area contributed by atoms with E-state index in [-0.39, 0.29) is 11.3 Å². The summed E-state index contributed by atoms with van der Waals surface area (Å²) in [5.74, 6) is -1.25. The SMILES string of the molecule is COc1ccc(O)c(C(=O)N2CCCC2C(=O)O)c1. The molecule has 1 atom stereocenters. The van der Waals surface area contributed by atoms with Gasteiger partial charge >= 0.3 is 5.97 Å². The summed E-state index contributed by atoms with van der Waals surface area (Å²) in [6.07, 6.45) is 1.08. The summed E-state index contributed by atoms with van der Waals surface area (Å²) in [5, 5.41) is 18.8. The Labute approximate surface area is 110 Å². The van der Waals surface area contributed by atoms with Gasteiger partial charge in [0.05, 0.1) is 12.7 Å². The predicted molar refractivity (Wildman–Crippen MR) is 66.4 cm³/mol. The van der Waals surface area contributed by atoms with E-state index in [0.717, 1.165) is 0 Å². The highest BCUT2D eigenvalue weighted by Crippen LogP contribution is 2.27. The van der Waals surface area contributed by atoms with Crippen LogP contribution in [0.4, 0.5) is 0 Å². The normalized spacial score (nSPS) is 18.4. The summed E-state index contributed by atoms with van der Waals surface area (Å²) in [6.45, 7) is 0.381. The average Bonchev–Trinajstić information content (AvgIpc) is 2.88. The van der Waals surface area contributed by atoms with Crippen molar-refractivity contribution in [1.82, 2.24) is 4.90 Å². The Hall–Kier alpha value is -2.24. The fraction of sp³-hybridized carbons (Fsp3) is 0.385. The molecule has 2 rings (SSSR count). The lowest BCUT2D eigenvalue weighted by Crippen LogP contribution is -2.40. The largest absolute Gasteiger partial charge is 0.507 e. The van der Waals surface area contributed by atoms with Crippen molar-refractivity contribution in [3.8, 4) is 11.5 Å². The van der Waals surface area contributed by atoms with E-state index < -0.39 is 17.9 Å². The van der Waals surface area contributed by atoms with Crippen LogP contribution in [0.25, 0.3) is 0 Å². The zero-order valence-electron chi connectivity index (χ0n) is 10.5. The van der Waals surface area contributed by atoms with Gasteiger partial charge in [-0.25, -0.2) is 4.79 Å². The van der Waals surface area contributed by atoms with E-state index in [1.165, 1.54) is 30.2 Å². The van der Waals surface area contributed by atoms with Crippen molar-refractivity contribution in [2.45, 2.75) is 18.9 Å². The fourth-order valence-corrected chi connectivity index (χ4v) is 2.23. The van der Waals surface area contributed by atoms with Crippen LogP contribution < -0.4 is 4.74 Å². The van der Waals surface area contributed by atoms with Crippen LogP contribution >= 0.6 is 0 Å². The van der Waals surface area contributed by atoms with Crippen LogP contribution in [0.3, 0.4) is 0 Å². The van der Waals surface area contributed by atoms with Gasteiger partial charge in [0.15, 0.2) is 0 Å². The highest BCUT2D eigenvalue weighted by Gasteiger charge is 2.35. The van der Waals surface area contributed by atoms with Gasteiger partial charge in [-0.2, -0.15) is 0 Å². The maximum absolute atomic E-state index is 12.3. The molecule has 0 radical (unpaired) electrons. The zero-order valence-corrected chi connectivity index (χ0v) is 10.5. The van der Waals surface area contributed by atoms with E-state index in [0.29, 0.717) is 25.1 Å². The minimum atomic E-state index is -1.02. The van der Waals surface area contributed by atoms with Gasteiger partial charge in [0, 0.05) is 6.54 Å². The topological polar surface area (TPSA) is 87.1 Å². The number of ether oxygens (including phenoxy) is 1. The minimum absolute atomic E-state index is 0.0625. The van der Waals surface area contributed by atoms with Crippen LogP contribution in [-0.4, -0.2) is 46.7 Å². The quantitative estimate of drug-likeness (QED) is 0.854. The molecule has 0 spiro atoms. The van der Waals surface area contributed by atoms with Crippen molar-refractivity contribution in [2.75, 3.05) is 13.7 Å². The molecule has 1 aromatic carbocycles. The highest BCUT2D eigenvalue weighted by atomic mass is 16.5. The molecule has 6 heteroatoms. The first-order valence-corrected chi connectivity index (χ1v) is 5.95. The monoisotopic (exact) mass is 265 g/mol. The van der Waals surface area contributed by atoms with E-state index >= 15 is 0 Å². The fourth-order valence-electron chi connectivity index (χ4n) is 2.23. The number of hydrogen-bond donors (Lipinski definition) is 2. The van der Waals surface area contributed by atoms with E-state index in [1.54, 1.807) is 0 Å². The Kier molecular flexibility index (Phi) is 3.59. The average molecular weight is 265 g/mol. The summed E-state index contributed by atoms with van der Waals surface area (Å²) >= 11 is 0. The van der Waals surface area contributed by atoms with Gasteiger partial charge in [-0.3, -0.25) is 4.79 Å². The lowest BCUT2D eigenvalue weighted by atomic mass is 10.1. The second kappa shape index (κ2) is 5.17. The Morgan fingerprint density at radius 2 is 2.16 bits per heavy atom. The lowest BCUT2D eigenvalue weighted by molar-refractivity contribution is -0.141. The molecule has 0 aliphatic carbocycles. The molecule has 1 heterocycles. The molecule has 1 saturated heterocycles. The van der Waals surface area contributed by atoms with Crippen molar-refractivity contribution in [3.05, 3.63) is 23.8 Å². The van der Waals surface area contributed by atoms with E-state index in [1.807, 2.05) is 0 Å². The van der Waals surface area contributed by atoms with Crippen LogP contribution in [0.15, 0.2) is 18.2 Å². The third-order valence-electron chi connectivity index (χ3n) is 3.23. The second-order valence-electron chi connectivity index (χ2n) is 4.38. The summed E-state index contributed by atoms with van der Waals surface area (Å²) < 4.78 is 5.00. The minimum Gasteiger partial charge on any atom is -0.507 e. The first kappa shape index (κ1) is 13.2. The number of aromatic hydroxyl groups is 1. The van der Waals surface area contributed by atoms with Gasteiger partial charge in [-0.15, -0.1) is 0 Å². The van der Waals surface area contributed by atoms with Crippen molar-refractivity contribution >= 4 is 11.9 Å². The molecule has 19 heavy (non-hydrogen) atoms. The highest BCUT2D eigenvalue weighted by molar-refractivity contribution is 5.99. The molecule has 0 aromatic heterocycles. The summed E-state index contributed by atoms with van der Waals surface area (Å²) in [5.41, 5.74) is 0.0625. The van der Waals surface area contributed by atoms with Gasteiger partial charge in [0.2, 0.25) is 0 Å². The Bertz CT molecular complexity index is 514. The predicted octanol–water partition coefficient (Wildman–Crippen LogP) is 1.09. The van der Waals surface area contributed by atoms with Crippen LogP contribution in [0.2, 0.25) is 0 Å². The Morgan fingerprint density at radius 1 is 1.42 bits per heavy atom. The Balaban J connectivity index is 2.31. The molecule has 2 N–H and O–H groups in total. The maximum Gasteiger partial charge on any atom is 0.326 e. The number of carbonyl (C=O) groups excluding carboxylic acids is 1. The number of carbonyl (C=O) groups is 2. The van der Waals surface area contributed by atoms with Crippen LogP contribution in [0, 0.1) is 0 Å². The molecule has 1 aliphatic heterocycles. The van der Waals surface area contributed by atoms with Gasteiger partial charge < -0.3 is 19.8 Å². The number of carboxylic acid groups (broad SMARTS) is 1. The molecular weight excluding hydrogens is 250 g/mol. The van der Waals surface area contributed by atoms with E-state index in [4.69, 9.17) is 9.84 Å². The van der Waals surface area contributed by atoms with Crippen LogP contribution in [-0.2, 0) is 4.79 Å². The number of methoxy groups -OCH3 is 1. The van der Waals surface area contributed by atoms with Crippen molar-refractivity contribution in [1.29, 1.82) is 0 Å². The number of nitrogens with zero attached hydrogens (tertiary/aromatic N) is 1. The van der Waals surface area contributed by atoms with Gasteiger partial charge in [-0.05, 0) is 31.0 Å². The number of phenols is 1. The van der Waals surface area contributed by atoms with Gasteiger partial charge in [0.25, 0.3) is 5.91 Å². The van der Waals surface area contributed by atoms with Gasteiger partial charge in [0.1, 0.15) is 17.5 Å². The molecule has 102 valence electrons. The number of phenolic OH excluding ortho intramolecular Hbond substituents is 1. The summed E-state index contributed by atoms with van der Waals surface area (Å²) in [7, 11) is 1.45. The van der Waals surface area contributed by atoms with Crippen molar-refractivity contribution in [3.63, 3.8) is 0 Å². The first-order chi connectivity index (χ1) is 9.04. The third kappa shape index (κ3) is 2.47. The standard InChI is InChI=1S/C13H15NO5/c1-19-8-4-5-11(15)9(7-8)12(16)14-6-2-3-10(14)13(17)18/h4-5,7,10,15H,2-3,6H2,1H3,(H,17,18). The zero-order chi connectivity index (χ0) is 14.0. The van der Waals surface area contributed by atoms with Crippen molar-refractivity contribution in [2.24, 2.45) is 0 Å². The molecule has 0 saturated carbocycles. The van der Waals surface area contributed by atoms with Crippen molar-refractivity contribution < 1.29 is 24.5 Å². The number of hydrogen-bond acceptors (Lipinski definition) is 4. The molecule has 6 nitrogen and oxygen atoms in total. The third-order valence-corrected chi connectivity index (χ3v) is 3.23. The lowest BCUT2D eigenvalue weighted by Gasteiger charge is -2.22. The number of rotatable bonds is 3. The number of carboxylic acids is 1. The van der Waals surface area contributed by atoms with E-state index in [9.17, 15) is 14.7 Å². The second-order valence-corrected chi connectivity index (χ2v) is 4.38. The maximum atomic E-state index is 12.3. The van der Waals surface area contributed by atoms with Crippen LogP contribution in [0.1, 0.15) is 23.2 Å². The first-order valence-electron chi connectivity index (χ1n) is 5.95.